The normalized spacial score (nSPS) is 10.8. The van der Waals surface area contributed by atoms with Crippen molar-refractivity contribution in [2.45, 2.75) is 40.4 Å². The Kier molecular flexibility index (Phi) is 6.28. The second-order valence-corrected chi connectivity index (χ2v) is 7.67. The molecule has 2 N–H and O–H groups in total. The lowest BCUT2D eigenvalue weighted by atomic mass is 10.1. The lowest BCUT2D eigenvalue weighted by Crippen LogP contribution is -2.28. The van der Waals surface area contributed by atoms with E-state index in [1.54, 1.807) is 0 Å². The Labute approximate surface area is 173 Å². The van der Waals surface area contributed by atoms with Crippen molar-refractivity contribution in [3.63, 3.8) is 0 Å². The maximum Gasteiger partial charge on any atom is 0.172 e. The van der Waals surface area contributed by atoms with E-state index < -0.39 is 0 Å². The summed E-state index contributed by atoms with van der Waals surface area (Å²) in [5.41, 5.74) is 4.59. The van der Waals surface area contributed by atoms with Gasteiger partial charge in [-0.25, -0.2) is 0 Å². The molecule has 0 spiro atoms. The molecular formula is C19H23BrN6S. The maximum absolute atomic E-state index is 5.41. The van der Waals surface area contributed by atoms with E-state index in [1.165, 1.54) is 11.1 Å². The van der Waals surface area contributed by atoms with Gasteiger partial charge in [-0.1, -0.05) is 29.8 Å². The molecule has 0 amide bonds. The summed E-state index contributed by atoms with van der Waals surface area (Å²) in [5.74, 6) is 0.695. The Bertz CT molecular complexity index is 928. The van der Waals surface area contributed by atoms with Crippen LogP contribution < -0.4 is 10.6 Å². The fourth-order valence-corrected chi connectivity index (χ4v) is 3.25. The van der Waals surface area contributed by atoms with Crippen molar-refractivity contribution in [3.8, 4) is 0 Å². The molecule has 0 bridgehead atoms. The molecular weight excluding hydrogens is 424 g/mol. The Hall–Kier alpha value is -2.19. The average molecular weight is 447 g/mol. The monoisotopic (exact) mass is 446 g/mol. The molecule has 0 saturated heterocycles. The highest BCUT2D eigenvalue weighted by Gasteiger charge is 2.10. The van der Waals surface area contributed by atoms with E-state index in [2.05, 4.69) is 74.9 Å². The number of hydrogen-bond acceptors (Lipinski definition) is 3. The van der Waals surface area contributed by atoms with Gasteiger partial charge in [0.1, 0.15) is 0 Å². The third-order valence-electron chi connectivity index (χ3n) is 4.23. The zero-order valence-electron chi connectivity index (χ0n) is 15.7. The van der Waals surface area contributed by atoms with Gasteiger partial charge >= 0.3 is 0 Å². The number of halogens is 1. The Morgan fingerprint density at radius 1 is 1.11 bits per heavy atom. The van der Waals surface area contributed by atoms with Crippen molar-refractivity contribution in [2.24, 2.45) is 0 Å². The van der Waals surface area contributed by atoms with Crippen molar-refractivity contribution < 1.29 is 0 Å². The molecule has 8 heteroatoms. The summed E-state index contributed by atoms with van der Waals surface area (Å²) in [5, 5.41) is 15.9. The molecule has 0 aliphatic heterocycles. The van der Waals surface area contributed by atoms with Crippen LogP contribution in [-0.4, -0.2) is 24.7 Å². The molecule has 27 heavy (non-hydrogen) atoms. The highest BCUT2D eigenvalue weighted by Crippen LogP contribution is 2.21. The molecule has 142 valence electrons. The summed E-state index contributed by atoms with van der Waals surface area (Å²) < 4.78 is 4.68. The summed E-state index contributed by atoms with van der Waals surface area (Å²) in [6, 6.07) is 8.44. The van der Waals surface area contributed by atoms with E-state index in [1.807, 2.05) is 28.7 Å². The van der Waals surface area contributed by atoms with Crippen LogP contribution in [0, 0.1) is 13.8 Å². The third kappa shape index (κ3) is 5.17. The van der Waals surface area contributed by atoms with E-state index in [9.17, 15) is 0 Å². The van der Waals surface area contributed by atoms with E-state index in [-0.39, 0.29) is 0 Å². The summed E-state index contributed by atoms with van der Waals surface area (Å²) in [6.07, 6.45) is 3.98. The van der Waals surface area contributed by atoms with Gasteiger partial charge in [0.25, 0.3) is 0 Å². The number of benzene rings is 1. The minimum Gasteiger partial charge on any atom is -0.358 e. The van der Waals surface area contributed by atoms with E-state index in [4.69, 9.17) is 12.2 Å². The molecule has 2 heterocycles. The van der Waals surface area contributed by atoms with Crippen molar-refractivity contribution in [2.75, 3.05) is 5.32 Å². The predicted molar refractivity (Wildman–Crippen MR) is 116 cm³/mol. The summed E-state index contributed by atoms with van der Waals surface area (Å²) in [6.45, 7) is 8.34. The fraction of sp³-hybridized carbons (Fsp3) is 0.316. The molecule has 2 aromatic heterocycles. The highest BCUT2D eigenvalue weighted by atomic mass is 79.9. The van der Waals surface area contributed by atoms with Crippen LogP contribution >= 0.6 is 28.1 Å². The van der Waals surface area contributed by atoms with Gasteiger partial charge in [-0.05, 0) is 54.5 Å². The molecule has 0 fully saturated rings. The lowest BCUT2D eigenvalue weighted by molar-refractivity contribution is 0.653. The van der Waals surface area contributed by atoms with Crippen molar-refractivity contribution >= 4 is 39.1 Å². The first-order valence-corrected chi connectivity index (χ1v) is 10.0. The Morgan fingerprint density at radius 3 is 2.52 bits per heavy atom. The van der Waals surface area contributed by atoms with Gasteiger partial charge in [-0.15, -0.1) is 0 Å². The van der Waals surface area contributed by atoms with Crippen molar-refractivity contribution in [1.82, 2.24) is 24.9 Å². The van der Waals surface area contributed by atoms with Crippen LogP contribution in [0.5, 0.6) is 0 Å². The van der Waals surface area contributed by atoms with Gasteiger partial charge < -0.3 is 10.6 Å². The number of rotatable bonds is 6. The molecule has 3 aromatic rings. The Morgan fingerprint density at radius 2 is 1.85 bits per heavy atom. The van der Waals surface area contributed by atoms with Gasteiger partial charge in [0.2, 0.25) is 0 Å². The number of anilines is 1. The van der Waals surface area contributed by atoms with Crippen molar-refractivity contribution in [1.29, 1.82) is 0 Å². The second-order valence-electron chi connectivity index (χ2n) is 6.41. The predicted octanol–water partition coefficient (Wildman–Crippen LogP) is 4.01. The fourth-order valence-electron chi connectivity index (χ4n) is 2.67. The zero-order valence-corrected chi connectivity index (χ0v) is 18.1. The summed E-state index contributed by atoms with van der Waals surface area (Å²) >= 11 is 8.95. The first kappa shape index (κ1) is 19.6. The zero-order chi connectivity index (χ0) is 19.4. The average Bonchev–Trinajstić information content (AvgIpc) is 3.17. The Balaban J connectivity index is 1.58. The lowest BCUT2D eigenvalue weighted by Gasteiger charge is -2.08. The van der Waals surface area contributed by atoms with Gasteiger partial charge in [0.15, 0.2) is 10.9 Å². The molecule has 6 nitrogen and oxygen atoms in total. The van der Waals surface area contributed by atoms with Gasteiger partial charge in [-0.3, -0.25) is 9.36 Å². The molecule has 0 saturated carbocycles. The second kappa shape index (κ2) is 8.67. The molecule has 0 aliphatic rings. The van der Waals surface area contributed by atoms with E-state index in [0.717, 1.165) is 22.3 Å². The maximum atomic E-state index is 5.41. The minimum absolute atomic E-state index is 0.528. The third-order valence-corrected chi connectivity index (χ3v) is 5.05. The molecule has 0 radical (unpaired) electrons. The quantitative estimate of drug-likeness (QED) is 0.560. The smallest absolute Gasteiger partial charge is 0.172 e. The van der Waals surface area contributed by atoms with E-state index >= 15 is 0 Å². The molecule has 3 rings (SSSR count). The number of thiocarbonyl (C=S) groups is 1. The van der Waals surface area contributed by atoms with Gasteiger partial charge in [0, 0.05) is 31.0 Å². The van der Waals surface area contributed by atoms with Crippen LogP contribution in [-0.2, 0) is 19.6 Å². The van der Waals surface area contributed by atoms with Crippen LogP contribution in [0.3, 0.4) is 0 Å². The van der Waals surface area contributed by atoms with Crippen LogP contribution in [0.1, 0.15) is 29.3 Å². The van der Waals surface area contributed by atoms with Gasteiger partial charge in [0.05, 0.1) is 16.7 Å². The number of aromatic nitrogens is 4. The topological polar surface area (TPSA) is 59.7 Å². The summed E-state index contributed by atoms with van der Waals surface area (Å²) in [4.78, 5) is 0. The molecule has 1 aromatic carbocycles. The van der Waals surface area contributed by atoms with Crippen LogP contribution in [0.4, 0.5) is 5.82 Å². The minimum atomic E-state index is 0.528. The standard InChI is InChI=1S/C19H23BrN6S/c1-4-25-11-16(14(3)23-25)9-21-19(27)22-18-17(20)12-26(24-18)10-15-7-5-13(2)6-8-15/h5-8,11-12H,4,9-10H2,1-3H3,(H2,21,22,24,27). The molecule has 0 unspecified atom stereocenters. The van der Waals surface area contributed by atoms with Crippen LogP contribution in [0.25, 0.3) is 0 Å². The highest BCUT2D eigenvalue weighted by molar-refractivity contribution is 9.10. The first-order valence-electron chi connectivity index (χ1n) is 8.81. The number of aryl methyl sites for hydroxylation is 3. The number of hydrogen-bond donors (Lipinski definition) is 2. The molecule has 0 atom stereocenters. The van der Waals surface area contributed by atoms with Crippen LogP contribution in [0.2, 0.25) is 0 Å². The van der Waals surface area contributed by atoms with Crippen LogP contribution in [0.15, 0.2) is 41.1 Å². The summed E-state index contributed by atoms with van der Waals surface area (Å²) in [7, 11) is 0. The van der Waals surface area contributed by atoms with Gasteiger partial charge in [-0.2, -0.15) is 10.2 Å². The SMILES string of the molecule is CCn1cc(CNC(=S)Nc2nn(Cc3ccc(C)cc3)cc2Br)c(C)n1. The largest absolute Gasteiger partial charge is 0.358 e. The first-order chi connectivity index (χ1) is 12.9. The molecule has 0 aliphatic carbocycles. The van der Waals surface area contributed by atoms with Crippen molar-refractivity contribution in [3.05, 3.63) is 63.5 Å². The number of nitrogens with zero attached hydrogens (tertiary/aromatic N) is 4. The van der Waals surface area contributed by atoms with E-state index in [0.29, 0.717) is 24.0 Å². The number of nitrogens with one attached hydrogen (secondary N) is 2.